The lowest BCUT2D eigenvalue weighted by Crippen LogP contribution is -2.71. The van der Waals surface area contributed by atoms with Gasteiger partial charge in [0.15, 0.2) is 16.3 Å². The van der Waals surface area contributed by atoms with Gasteiger partial charge in [0.2, 0.25) is 0 Å². The fourth-order valence-corrected chi connectivity index (χ4v) is 9.25. The Labute approximate surface area is 280 Å². The first-order valence-corrected chi connectivity index (χ1v) is 17.7. The van der Waals surface area contributed by atoms with Gasteiger partial charge in [0.25, 0.3) is 11.8 Å². The van der Waals surface area contributed by atoms with Crippen molar-refractivity contribution in [1.82, 2.24) is 15.2 Å². The van der Waals surface area contributed by atoms with Gasteiger partial charge >= 0.3 is 12.1 Å². The molecule has 2 aliphatic heterocycles. The Balaban J connectivity index is 1.17. The van der Waals surface area contributed by atoms with Crippen LogP contribution in [0.5, 0.6) is 0 Å². The Morgan fingerprint density at radius 1 is 1.23 bits per heavy atom. The number of aliphatic carboxylic acids is 1. The van der Waals surface area contributed by atoms with Crippen LogP contribution in [0, 0.1) is 0 Å². The molecule has 3 aliphatic rings. The Hall–Kier alpha value is -3.87. The van der Waals surface area contributed by atoms with Crippen molar-refractivity contribution in [3.63, 3.8) is 0 Å². The van der Waals surface area contributed by atoms with E-state index in [1.165, 1.54) is 35.4 Å². The van der Waals surface area contributed by atoms with E-state index in [2.05, 4.69) is 15.5 Å². The van der Waals surface area contributed by atoms with E-state index < -0.39 is 51.8 Å². The molecule has 2 fully saturated rings. The molecule has 4 heterocycles. The van der Waals surface area contributed by atoms with Crippen molar-refractivity contribution >= 4 is 84.9 Å². The largest absolute Gasteiger partial charge is 0.477 e. The smallest absolute Gasteiger partial charge is 0.417 e. The van der Waals surface area contributed by atoms with Crippen molar-refractivity contribution in [3.05, 3.63) is 73.9 Å². The van der Waals surface area contributed by atoms with Gasteiger partial charge in [-0.2, -0.15) is 13.2 Å². The summed E-state index contributed by atoms with van der Waals surface area (Å²) in [5, 5.41) is 18.9. The molecule has 3 aromatic rings. The van der Waals surface area contributed by atoms with Crippen molar-refractivity contribution in [1.29, 1.82) is 0 Å². The number of nitrogens with one attached hydrogen (secondary N) is 1. The number of aromatic nitrogens is 1. The predicted molar refractivity (Wildman–Crippen MR) is 174 cm³/mol. The van der Waals surface area contributed by atoms with Gasteiger partial charge in [-0.05, 0) is 54.9 Å². The first-order chi connectivity index (χ1) is 22.4. The average Bonchev–Trinajstić information content (AvgIpc) is 3.70. The molecular weight excluding hydrogens is 700 g/mol. The number of nitrogens with two attached hydrogens (primary N) is 1. The zero-order valence-electron chi connectivity index (χ0n) is 24.0. The third-order valence-corrected chi connectivity index (χ3v) is 11.6. The van der Waals surface area contributed by atoms with E-state index in [9.17, 15) is 37.5 Å². The number of anilines is 1. The van der Waals surface area contributed by atoms with Gasteiger partial charge in [-0.1, -0.05) is 23.0 Å². The Morgan fingerprint density at radius 3 is 2.68 bits per heavy atom. The molecule has 47 heavy (non-hydrogen) atoms. The number of carboxylic acid groups (broad SMARTS) is 1. The van der Waals surface area contributed by atoms with Crippen LogP contribution >= 0.6 is 46.2 Å². The Kier molecular flexibility index (Phi) is 9.37. The molecule has 6 rings (SSSR count). The first kappa shape index (κ1) is 33.0. The summed E-state index contributed by atoms with van der Waals surface area (Å²) in [6.07, 6.45) is 0.257. The molecule has 11 nitrogen and oxygen atoms in total. The van der Waals surface area contributed by atoms with E-state index in [0.29, 0.717) is 9.78 Å². The number of amides is 2. The van der Waals surface area contributed by atoms with Gasteiger partial charge in [0, 0.05) is 21.9 Å². The number of thiazole rings is 1. The van der Waals surface area contributed by atoms with E-state index in [1.807, 2.05) is 0 Å². The van der Waals surface area contributed by atoms with E-state index >= 15 is 0 Å². The number of allylic oxidation sites excluding steroid dienone is 1. The summed E-state index contributed by atoms with van der Waals surface area (Å²) in [7, 11) is 0. The lowest BCUT2D eigenvalue weighted by Gasteiger charge is -2.49. The molecule has 18 heteroatoms. The standard InChI is InChI=1S/C29H24F3N5O6S4/c30-29(31,32)15-6-3-7-18-20(15)17(38)10-19(47-18)44-9-8-13-11-45-26-22(25(40)37(26)23(13)27(41)42)35-24(39)21(16-12-46-28(33)34-16)36-43-14-4-1-2-5-14/h3,6-10,12,14,22,26H,1-2,4-5,11H2,(H2,33,34)(H,35,39)(H,41,42)/t22?,26-/m1/s1. The van der Waals surface area contributed by atoms with Crippen molar-refractivity contribution in [2.24, 2.45) is 5.16 Å². The molecular formula is C29H24F3N5O6S4. The number of halogens is 3. The number of carboxylic acids is 1. The fraction of sp³-hybridized carbons (Fsp3) is 0.310. The summed E-state index contributed by atoms with van der Waals surface area (Å²) in [5.74, 6) is -2.52. The first-order valence-electron chi connectivity index (χ1n) is 14.1. The molecule has 0 spiro atoms. The Morgan fingerprint density at radius 2 is 2.00 bits per heavy atom. The molecule has 4 N–H and O–H groups in total. The highest BCUT2D eigenvalue weighted by Gasteiger charge is 2.54. The molecule has 246 valence electrons. The molecule has 1 aliphatic carbocycles. The van der Waals surface area contributed by atoms with E-state index in [4.69, 9.17) is 10.6 Å². The summed E-state index contributed by atoms with van der Waals surface area (Å²) >= 11 is 4.39. The van der Waals surface area contributed by atoms with E-state index in [-0.39, 0.29) is 38.8 Å². The summed E-state index contributed by atoms with van der Waals surface area (Å²) in [5.41, 5.74) is 4.07. The third kappa shape index (κ3) is 6.77. The van der Waals surface area contributed by atoms with Crippen LogP contribution in [-0.2, 0) is 25.4 Å². The predicted octanol–water partition coefficient (Wildman–Crippen LogP) is 5.03. The maximum absolute atomic E-state index is 13.4. The number of alkyl halides is 3. The zero-order chi connectivity index (χ0) is 33.5. The summed E-state index contributed by atoms with van der Waals surface area (Å²) in [4.78, 5) is 62.3. The normalized spacial score (nSPS) is 20.5. The van der Waals surface area contributed by atoms with Gasteiger partial charge < -0.3 is 21.0 Å². The lowest BCUT2D eigenvalue weighted by molar-refractivity contribution is -0.150. The lowest BCUT2D eigenvalue weighted by atomic mass is 10.0. The topological polar surface area (TPSA) is 164 Å². The number of benzene rings is 1. The van der Waals surface area contributed by atoms with Crippen molar-refractivity contribution < 1.29 is 37.5 Å². The van der Waals surface area contributed by atoms with Gasteiger partial charge in [-0.15, -0.1) is 34.4 Å². The minimum absolute atomic E-state index is 0.136. The highest BCUT2D eigenvalue weighted by molar-refractivity contribution is 8.04. The number of β-lactam (4-membered cyclic amide) rings is 1. The molecule has 1 saturated carbocycles. The number of rotatable bonds is 9. The van der Waals surface area contributed by atoms with Gasteiger partial charge in [0.1, 0.15) is 28.9 Å². The number of nitrogens with zero attached hydrogens (tertiary/aromatic N) is 3. The van der Waals surface area contributed by atoms with Gasteiger partial charge in [-0.25, -0.2) is 9.78 Å². The summed E-state index contributed by atoms with van der Waals surface area (Å²) < 4.78 is 40.8. The second-order valence-corrected chi connectivity index (χ2v) is 14.9. The number of thioether (sulfide) groups is 2. The molecule has 1 aromatic carbocycles. The van der Waals surface area contributed by atoms with Crippen LogP contribution in [0.15, 0.2) is 66.6 Å². The molecule has 0 bridgehead atoms. The van der Waals surface area contributed by atoms with Crippen LogP contribution < -0.4 is 16.5 Å². The number of nitrogen functional groups attached to an aromatic ring is 1. The number of carbonyl (C=O) groups is 3. The zero-order valence-corrected chi connectivity index (χ0v) is 27.2. The van der Waals surface area contributed by atoms with Crippen molar-refractivity contribution in [2.45, 2.75) is 53.6 Å². The van der Waals surface area contributed by atoms with Crippen LogP contribution in [0.4, 0.5) is 18.3 Å². The van der Waals surface area contributed by atoms with Crippen LogP contribution in [0.25, 0.3) is 10.1 Å². The molecule has 1 unspecified atom stereocenters. The molecule has 2 atom stereocenters. The van der Waals surface area contributed by atoms with E-state index in [1.54, 1.807) is 5.38 Å². The second kappa shape index (κ2) is 13.3. The average molecular weight is 724 g/mol. The highest BCUT2D eigenvalue weighted by Crippen LogP contribution is 2.41. The maximum Gasteiger partial charge on any atom is 0.417 e. The molecule has 2 aromatic heterocycles. The quantitative estimate of drug-likeness (QED) is 0.118. The van der Waals surface area contributed by atoms with Crippen LogP contribution in [0.1, 0.15) is 36.9 Å². The van der Waals surface area contributed by atoms with Gasteiger partial charge in [-0.3, -0.25) is 19.3 Å². The number of carbonyl (C=O) groups excluding carboxylic acids is 2. The number of fused-ring (bicyclic) bond motifs is 2. The van der Waals surface area contributed by atoms with E-state index in [0.717, 1.165) is 77.2 Å². The maximum atomic E-state index is 13.4. The number of hydrogen-bond acceptors (Lipinski definition) is 12. The Bertz CT molecular complexity index is 1920. The van der Waals surface area contributed by atoms with Crippen LogP contribution in [0.2, 0.25) is 0 Å². The van der Waals surface area contributed by atoms with Crippen LogP contribution in [0.3, 0.4) is 0 Å². The van der Waals surface area contributed by atoms with Gasteiger partial charge in [0.05, 0.1) is 15.2 Å². The van der Waals surface area contributed by atoms with Crippen molar-refractivity contribution in [2.75, 3.05) is 11.5 Å². The summed E-state index contributed by atoms with van der Waals surface area (Å²) in [6.45, 7) is 0. The SMILES string of the molecule is Nc1nc(C(=NOC2CCCC2)C(=O)NC2C(=O)N3C(C(=O)O)=C(C=CSc4cc(=O)c5c(C(F)(F)F)cccc5s4)CS[C@H]23)cs1. The monoisotopic (exact) mass is 723 g/mol. The molecule has 1 saturated heterocycles. The minimum atomic E-state index is -4.68. The van der Waals surface area contributed by atoms with Crippen molar-refractivity contribution in [3.8, 4) is 0 Å². The second-order valence-electron chi connectivity index (χ2n) is 10.6. The number of oxime groups is 1. The third-order valence-electron chi connectivity index (χ3n) is 7.55. The summed E-state index contributed by atoms with van der Waals surface area (Å²) in [6, 6.07) is 3.60. The highest BCUT2D eigenvalue weighted by atomic mass is 32.2. The fourth-order valence-electron chi connectivity index (χ4n) is 5.37. The molecule has 2 amide bonds. The van der Waals surface area contributed by atoms with Crippen LogP contribution in [-0.4, -0.2) is 61.8 Å². The number of hydrogen-bond donors (Lipinski definition) is 3. The minimum Gasteiger partial charge on any atom is -0.477 e. The molecule has 0 radical (unpaired) electrons.